The highest BCUT2D eigenvalue weighted by Gasteiger charge is 2.13. The van der Waals surface area contributed by atoms with E-state index >= 15 is 0 Å². The predicted octanol–water partition coefficient (Wildman–Crippen LogP) is 7.56. The number of carbonyl (C=O) groups is 2. The summed E-state index contributed by atoms with van der Waals surface area (Å²) in [6.45, 7) is 2.26. The molecule has 176 valence electrons. The Morgan fingerprint density at radius 1 is 0.742 bits per heavy atom. The minimum absolute atomic E-state index is 0.0963. The minimum atomic E-state index is -1.05. The second kappa shape index (κ2) is 17.6. The molecule has 0 aromatic heterocycles. The van der Waals surface area contributed by atoms with Gasteiger partial charge in [0.05, 0.1) is 12.7 Å². The average Bonchev–Trinajstić information content (AvgIpc) is 2.76. The van der Waals surface area contributed by atoms with E-state index in [2.05, 4.69) is 6.92 Å². The molecule has 0 aliphatic rings. The normalized spacial score (nSPS) is 10.8. The van der Waals surface area contributed by atoms with Crippen LogP contribution in [-0.4, -0.2) is 24.2 Å². The van der Waals surface area contributed by atoms with Gasteiger partial charge in [-0.3, -0.25) is 4.79 Å². The quantitative estimate of drug-likeness (QED) is 0.138. The second-order valence-electron chi connectivity index (χ2n) is 8.34. The molecule has 0 radical (unpaired) electrons. The Hall–Kier alpha value is -2.04. The number of carboxylic acids is 1. The van der Waals surface area contributed by atoms with E-state index in [9.17, 15) is 9.59 Å². The van der Waals surface area contributed by atoms with Crippen LogP contribution in [0.4, 0.5) is 0 Å². The van der Waals surface area contributed by atoms with Crippen LogP contribution in [0.15, 0.2) is 18.2 Å². The van der Waals surface area contributed by atoms with Crippen molar-refractivity contribution in [1.82, 2.24) is 0 Å². The molecule has 0 saturated carbocycles. The van der Waals surface area contributed by atoms with Crippen molar-refractivity contribution in [3.63, 3.8) is 0 Å². The zero-order chi connectivity index (χ0) is 22.7. The number of esters is 1. The van der Waals surface area contributed by atoms with Gasteiger partial charge in [-0.15, -0.1) is 0 Å². The van der Waals surface area contributed by atoms with Gasteiger partial charge in [-0.05, 0) is 24.6 Å². The summed E-state index contributed by atoms with van der Waals surface area (Å²) in [5, 5.41) is 9.02. The van der Waals surface area contributed by atoms with Crippen molar-refractivity contribution in [2.75, 3.05) is 7.11 Å². The molecule has 0 aliphatic heterocycles. The Labute approximate surface area is 188 Å². The van der Waals surface area contributed by atoms with Crippen LogP contribution >= 0.6 is 0 Å². The number of carboxylic acid groups (broad SMARTS) is 1. The van der Waals surface area contributed by atoms with Crippen LogP contribution in [0.1, 0.15) is 120 Å². The van der Waals surface area contributed by atoms with Gasteiger partial charge in [0.2, 0.25) is 0 Å². The SMILES string of the molecule is CCCCCCCCCCCCCCCCCC(=O)Oc1ccc(C(=O)O)cc1OC. The molecule has 0 saturated heterocycles. The highest BCUT2D eigenvalue weighted by Crippen LogP contribution is 2.28. The topological polar surface area (TPSA) is 72.8 Å². The first kappa shape index (κ1) is 27.0. The van der Waals surface area contributed by atoms with Crippen molar-refractivity contribution >= 4 is 11.9 Å². The third kappa shape index (κ3) is 13.1. The molecular formula is C26H42O5. The first-order chi connectivity index (χ1) is 15.1. The molecule has 0 atom stereocenters. The number of hydrogen-bond acceptors (Lipinski definition) is 4. The third-order valence-electron chi connectivity index (χ3n) is 5.62. The number of methoxy groups -OCH3 is 1. The molecule has 5 heteroatoms. The summed E-state index contributed by atoms with van der Waals surface area (Å²) in [6, 6.07) is 4.23. The zero-order valence-electron chi connectivity index (χ0n) is 19.6. The van der Waals surface area contributed by atoms with E-state index in [0.29, 0.717) is 6.42 Å². The van der Waals surface area contributed by atoms with E-state index in [4.69, 9.17) is 14.6 Å². The number of rotatable bonds is 19. The largest absolute Gasteiger partial charge is 0.493 e. The van der Waals surface area contributed by atoms with E-state index in [1.165, 1.54) is 102 Å². The van der Waals surface area contributed by atoms with Crippen molar-refractivity contribution < 1.29 is 24.2 Å². The zero-order valence-corrected chi connectivity index (χ0v) is 19.6. The second-order valence-corrected chi connectivity index (χ2v) is 8.34. The van der Waals surface area contributed by atoms with Crippen LogP contribution in [0.3, 0.4) is 0 Å². The molecular weight excluding hydrogens is 392 g/mol. The standard InChI is InChI=1S/C26H42O5/c1-3-4-5-6-7-8-9-10-11-12-13-14-15-16-17-18-25(27)31-23-20-19-22(26(28)29)21-24(23)30-2/h19-21H,3-18H2,1-2H3,(H,28,29). The van der Waals surface area contributed by atoms with Crippen molar-refractivity contribution in [3.05, 3.63) is 23.8 Å². The van der Waals surface area contributed by atoms with E-state index in [1.54, 1.807) is 0 Å². The first-order valence-electron chi connectivity index (χ1n) is 12.2. The summed E-state index contributed by atoms with van der Waals surface area (Å²) in [4.78, 5) is 23.0. The number of carbonyl (C=O) groups excluding carboxylic acids is 1. The Morgan fingerprint density at radius 3 is 1.68 bits per heavy atom. The summed E-state index contributed by atoms with van der Waals surface area (Å²) in [5.74, 6) is -0.840. The maximum Gasteiger partial charge on any atom is 0.335 e. The van der Waals surface area contributed by atoms with E-state index in [0.717, 1.165) is 19.3 Å². The van der Waals surface area contributed by atoms with Gasteiger partial charge in [-0.1, -0.05) is 96.8 Å². The Balaban J connectivity index is 2.00. The fraction of sp³-hybridized carbons (Fsp3) is 0.692. The number of benzene rings is 1. The molecule has 1 aromatic rings. The fourth-order valence-corrected chi connectivity index (χ4v) is 3.70. The number of hydrogen-bond donors (Lipinski definition) is 1. The lowest BCUT2D eigenvalue weighted by Crippen LogP contribution is -2.09. The highest BCUT2D eigenvalue weighted by atomic mass is 16.6. The Bertz CT molecular complexity index is 626. The Morgan fingerprint density at radius 2 is 1.23 bits per heavy atom. The first-order valence-corrected chi connectivity index (χ1v) is 12.2. The molecule has 0 fully saturated rings. The van der Waals surface area contributed by atoms with E-state index in [1.807, 2.05) is 0 Å². The molecule has 0 spiro atoms. The highest BCUT2D eigenvalue weighted by molar-refractivity contribution is 5.88. The van der Waals surface area contributed by atoms with Crippen molar-refractivity contribution in [2.45, 2.75) is 110 Å². The van der Waals surface area contributed by atoms with Crippen LogP contribution in [-0.2, 0) is 4.79 Å². The average molecular weight is 435 g/mol. The van der Waals surface area contributed by atoms with Crippen LogP contribution in [0, 0.1) is 0 Å². The molecule has 0 bridgehead atoms. The number of unbranched alkanes of at least 4 members (excludes halogenated alkanes) is 14. The van der Waals surface area contributed by atoms with Gasteiger partial charge in [0.1, 0.15) is 0 Å². The monoisotopic (exact) mass is 434 g/mol. The van der Waals surface area contributed by atoms with Crippen LogP contribution in [0.5, 0.6) is 11.5 Å². The van der Waals surface area contributed by atoms with Gasteiger partial charge in [0.15, 0.2) is 11.5 Å². The fourth-order valence-electron chi connectivity index (χ4n) is 3.70. The molecule has 31 heavy (non-hydrogen) atoms. The lowest BCUT2D eigenvalue weighted by atomic mass is 10.0. The summed E-state index contributed by atoms with van der Waals surface area (Å²) in [6.07, 6.45) is 19.6. The van der Waals surface area contributed by atoms with Gasteiger partial charge in [-0.25, -0.2) is 4.79 Å². The van der Waals surface area contributed by atoms with Crippen molar-refractivity contribution in [3.8, 4) is 11.5 Å². The Kier molecular flexibility index (Phi) is 15.3. The molecule has 0 unspecified atom stereocenters. The summed E-state index contributed by atoms with van der Waals surface area (Å²) < 4.78 is 10.5. The molecule has 0 aliphatic carbocycles. The van der Waals surface area contributed by atoms with Crippen LogP contribution < -0.4 is 9.47 Å². The lowest BCUT2D eigenvalue weighted by Gasteiger charge is -2.10. The molecule has 1 aromatic carbocycles. The number of aromatic carboxylic acids is 1. The summed E-state index contributed by atoms with van der Waals surface area (Å²) >= 11 is 0. The maximum atomic E-state index is 12.0. The lowest BCUT2D eigenvalue weighted by molar-refractivity contribution is -0.134. The molecule has 1 rings (SSSR count). The minimum Gasteiger partial charge on any atom is -0.493 e. The van der Waals surface area contributed by atoms with Gasteiger partial charge < -0.3 is 14.6 Å². The molecule has 1 N–H and O–H groups in total. The van der Waals surface area contributed by atoms with E-state index < -0.39 is 5.97 Å². The third-order valence-corrected chi connectivity index (χ3v) is 5.62. The summed E-state index contributed by atoms with van der Waals surface area (Å²) in [5.41, 5.74) is 0.0963. The van der Waals surface area contributed by atoms with Crippen molar-refractivity contribution in [2.24, 2.45) is 0 Å². The smallest absolute Gasteiger partial charge is 0.335 e. The van der Waals surface area contributed by atoms with E-state index in [-0.39, 0.29) is 23.0 Å². The molecule has 0 amide bonds. The predicted molar refractivity (Wildman–Crippen MR) is 125 cm³/mol. The number of ether oxygens (including phenoxy) is 2. The van der Waals surface area contributed by atoms with Crippen LogP contribution in [0.25, 0.3) is 0 Å². The summed E-state index contributed by atoms with van der Waals surface area (Å²) in [7, 11) is 1.42. The molecule has 5 nitrogen and oxygen atoms in total. The van der Waals surface area contributed by atoms with Gasteiger partial charge >= 0.3 is 11.9 Å². The van der Waals surface area contributed by atoms with Gasteiger partial charge in [-0.2, -0.15) is 0 Å². The van der Waals surface area contributed by atoms with Gasteiger partial charge in [0, 0.05) is 6.42 Å². The molecule has 0 heterocycles. The van der Waals surface area contributed by atoms with Crippen LogP contribution in [0.2, 0.25) is 0 Å². The van der Waals surface area contributed by atoms with Gasteiger partial charge in [0.25, 0.3) is 0 Å². The maximum absolute atomic E-state index is 12.0. The van der Waals surface area contributed by atoms with Crippen molar-refractivity contribution in [1.29, 1.82) is 0 Å².